The van der Waals surface area contributed by atoms with E-state index in [1.54, 1.807) is 11.9 Å². The van der Waals surface area contributed by atoms with Gasteiger partial charge in [-0.05, 0) is 19.2 Å². The molecular formula is C17H23N5O2. The number of likely N-dealkylation sites (N-methyl/N-ethyl adjacent to an activating group) is 2. The second-order valence-electron chi connectivity index (χ2n) is 6.15. The summed E-state index contributed by atoms with van der Waals surface area (Å²) >= 11 is 0. The number of benzene rings is 1. The number of nitrogens with one attached hydrogen (secondary N) is 2. The monoisotopic (exact) mass is 329 g/mol. The summed E-state index contributed by atoms with van der Waals surface area (Å²) in [5, 5.41) is 2.66. The number of piperazine rings is 1. The van der Waals surface area contributed by atoms with E-state index in [-0.39, 0.29) is 17.9 Å². The second-order valence-corrected chi connectivity index (χ2v) is 6.15. The molecule has 7 heteroatoms. The number of para-hydroxylation sites is 2. The van der Waals surface area contributed by atoms with Crippen LogP contribution >= 0.6 is 0 Å². The van der Waals surface area contributed by atoms with E-state index in [0.717, 1.165) is 16.9 Å². The predicted molar refractivity (Wildman–Crippen MR) is 91.5 cm³/mol. The topological polar surface area (TPSA) is 81.3 Å². The first-order valence-electron chi connectivity index (χ1n) is 8.21. The standard InChI is InChI=1S/C17H23N5O2/c1-18-17(24)14-11-22(10-9-21(14)2)16(23)8-7-15-19-12-5-3-4-6-13(12)20-15/h3-6,14H,7-11H2,1-2H3,(H,18,24)(H,19,20)/t14-/m1/s1. The van der Waals surface area contributed by atoms with Gasteiger partial charge in [0.2, 0.25) is 11.8 Å². The SMILES string of the molecule is CNC(=O)[C@H]1CN(C(=O)CCc2nc3ccccc3[nH]2)CCN1C. The molecule has 3 rings (SSSR count). The highest BCUT2D eigenvalue weighted by Crippen LogP contribution is 2.13. The Kier molecular flexibility index (Phi) is 4.80. The van der Waals surface area contributed by atoms with E-state index in [4.69, 9.17) is 0 Å². The van der Waals surface area contributed by atoms with Gasteiger partial charge >= 0.3 is 0 Å². The van der Waals surface area contributed by atoms with E-state index in [1.165, 1.54) is 0 Å². The minimum atomic E-state index is -0.279. The average Bonchev–Trinajstić information content (AvgIpc) is 3.02. The number of carbonyl (C=O) groups excluding carboxylic acids is 2. The van der Waals surface area contributed by atoms with Gasteiger partial charge in [0.25, 0.3) is 0 Å². The summed E-state index contributed by atoms with van der Waals surface area (Å²) < 4.78 is 0. The van der Waals surface area contributed by atoms with Gasteiger partial charge < -0.3 is 15.2 Å². The quantitative estimate of drug-likeness (QED) is 0.850. The number of nitrogens with zero attached hydrogens (tertiary/aromatic N) is 3. The molecule has 1 aliphatic rings. The van der Waals surface area contributed by atoms with Gasteiger partial charge in [0.15, 0.2) is 0 Å². The molecule has 1 aromatic heterocycles. The van der Waals surface area contributed by atoms with Crippen molar-refractivity contribution < 1.29 is 9.59 Å². The summed E-state index contributed by atoms with van der Waals surface area (Å²) in [4.78, 5) is 35.9. The van der Waals surface area contributed by atoms with Crippen LogP contribution in [0.5, 0.6) is 0 Å². The Balaban J connectivity index is 1.59. The molecule has 128 valence electrons. The highest BCUT2D eigenvalue weighted by Gasteiger charge is 2.31. The maximum atomic E-state index is 12.5. The molecule has 24 heavy (non-hydrogen) atoms. The van der Waals surface area contributed by atoms with Gasteiger partial charge in [-0.25, -0.2) is 4.98 Å². The molecular weight excluding hydrogens is 306 g/mol. The lowest BCUT2D eigenvalue weighted by molar-refractivity contribution is -0.137. The molecule has 0 aliphatic carbocycles. The zero-order valence-corrected chi connectivity index (χ0v) is 14.1. The first kappa shape index (κ1) is 16.4. The number of amides is 2. The van der Waals surface area contributed by atoms with Crippen molar-refractivity contribution in [3.8, 4) is 0 Å². The van der Waals surface area contributed by atoms with Crippen molar-refractivity contribution in [2.24, 2.45) is 0 Å². The number of fused-ring (bicyclic) bond motifs is 1. The van der Waals surface area contributed by atoms with E-state index in [9.17, 15) is 9.59 Å². The van der Waals surface area contributed by atoms with Crippen LogP contribution in [0.15, 0.2) is 24.3 Å². The molecule has 1 aromatic carbocycles. The van der Waals surface area contributed by atoms with E-state index in [0.29, 0.717) is 32.5 Å². The second kappa shape index (κ2) is 7.00. The highest BCUT2D eigenvalue weighted by molar-refractivity contribution is 5.83. The van der Waals surface area contributed by atoms with Crippen LogP contribution in [-0.4, -0.2) is 71.4 Å². The number of aryl methyl sites for hydroxylation is 1. The number of aromatic nitrogens is 2. The van der Waals surface area contributed by atoms with E-state index < -0.39 is 0 Å². The van der Waals surface area contributed by atoms with E-state index in [1.807, 2.05) is 36.2 Å². The number of hydrogen-bond donors (Lipinski definition) is 2. The maximum Gasteiger partial charge on any atom is 0.238 e. The summed E-state index contributed by atoms with van der Waals surface area (Å²) in [6.07, 6.45) is 0.967. The van der Waals surface area contributed by atoms with Gasteiger partial charge in [-0.2, -0.15) is 0 Å². The minimum absolute atomic E-state index is 0.0488. The third kappa shape index (κ3) is 3.41. The lowest BCUT2D eigenvalue weighted by atomic mass is 10.1. The van der Waals surface area contributed by atoms with Crippen LogP contribution in [0.25, 0.3) is 11.0 Å². The molecule has 0 bridgehead atoms. The molecule has 0 unspecified atom stereocenters. The van der Waals surface area contributed by atoms with E-state index in [2.05, 4.69) is 15.3 Å². The lowest BCUT2D eigenvalue weighted by Crippen LogP contribution is -2.58. The highest BCUT2D eigenvalue weighted by atomic mass is 16.2. The van der Waals surface area contributed by atoms with Crippen molar-refractivity contribution >= 4 is 22.8 Å². The Hall–Kier alpha value is -2.41. The molecule has 1 saturated heterocycles. The van der Waals surface area contributed by atoms with Gasteiger partial charge in [-0.3, -0.25) is 14.5 Å². The molecule has 2 aromatic rings. The number of hydrogen-bond acceptors (Lipinski definition) is 4. The summed E-state index contributed by atoms with van der Waals surface area (Å²) in [6.45, 7) is 1.80. The number of H-pyrrole nitrogens is 1. The Labute approximate surface area is 141 Å². The normalized spacial score (nSPS) is 18.8. The molecule has 2 heterocycles. The van der Waals surface area contributed by atoms with Crippen LogP contribution in [0.2, 0.25) is 0 Å². The molecule has 1 aliphatic heterocycles. The van der Waals surface area contributed by atoms with Crippen molar-refractivity contribution in [1.29, 1.82) is 0 Å². The van der Waals surface area contributed by atoms with Gasteiger partial charge in [0.05, 0.1) is 11.0 Å². The van der Waals surface area contributed by atoms with Crippen molar-refractivity contribution in [3.63, 3.8) is 0 Å². The van der Waals surface area contributed by atoms with Gasteiger partial charge in [-0.1, -0.05) is 12.1 Å². The summed E-state index contributed by atoms with van der Waals surface area (Å²) in [5.74, 6) is 0.839. The van der Waals surface area contributed by atoms with Crippen LogP contribution < -0.4 is 5.32 Å². The van der Waals surface area contributed by atoms with Gasteiger partial charge in [0.1, 0.15) is 11.9 Å². The van der Waals surface area contributed by atoms with Crippen molar-refractivity contribution in [2.75, 3.05) is 33.7 Å². The molecule has 1 atom stereocenters. The van der Waals surface area contributed by atoms with Crippen molar-refractivity contribution in [3.05, 3.63) is 30.1 Å². The van der Waals surface area contributed by atoms with Crippen LogP contribution in [0, 0.1) is 0 Å². The van der Waals surface area contributed by atoms with Crippen LogP contribution in [0.1, 0.15) is 12.2 Å². The zero-order valence-electron chi connectivity index (χ0n) is 14.1. The molecule has 1 fully saturated rings. The summed E-state index contributed by atoms with van der Waals surface area (Å²) in [7, 11) is 3.54. The number of carbonyl (C=O) groups is 2. The molecule has 0 saturated carbocycles. The maximum absolute atomic E-state index is 12.5. The molecule has 7 nitrogen and oxygen atoms in total. The summed E-state index contributed by atoms with van der Waals surface area (Å²) in [5.41, 5.74) is 1.90. The van der Waals surface area contributed by atoms with Crippen molar-refractivity contribution in [2.45, 2.75) is 18.9 Å². The van der Waals surface area contributed by atoms with Crippen LogP contribution in [0.3, 0.4) is 0 Å². The lowest BCUT2D eigenvalue weighted by Gasteiger charge is -2.38. The predicted octanol–water partition coefficient (Wildman–Crippen LogP) is 0.384. The molecule has 2 amide bonds. The first-order chi connectivity index (χ1) is 11.6. The Morgan fingerprint density at radius 3 is 2.88 bits per heavy atom. The Morgan fingerprint density at radius 2 is 2.12 bits per heavy atom. The third-order valence-corrected chi connectivity index (χ3v) is 4.56. The third-order valence-electron chi connectivity index (χ3n) is 4.56. The molecule has 0 spiro atoms. The Bertz CT molecular complexity index is 708. The average molecular weight is 329 g/mol. The van der Waals surface area contributed by atoms with Crippen molar-refractivity contribution in [1.82, 2.24) is 25.1 Å². The fourth-order valence-electron chi connectivity index (χ4n) is 3.06. The molecule has 2 N–H and O–H groups in total. The smallest absolute Gasteiger partial charge is 0.238 e. The summed E-state index contributed by atoms with van der Waals surface area (Å²) in [6, 6.07) is 7.55. The van der Waals surface area contributed by atoms with Crippen LogP contribution in [0.4, 0.5) is 0 Å². The zero-order chi connectivity index (χ0) is 17.1. The fraction of sp³-hybridized carbons (Fsp3) is 0.471. The first-order valence-corrected chi connectivity index (χ1v) is 8.21. The minimum Gasteiger partial charge on any atom is -0.358 e. The van der Waals surface area contributed by atoms with Crippen LogP contribution in [-0.2, 0) is 16.0 Å². The largest absolute Gasteiger partial charge is 0.358 e. The number of imidazole rings is 1. The molecule has 0 radical (unpaired) electrons. The van der Waals surface area contributed by atoms with Gasteiger partial charge in [0, 0.05) is 39.5 Å². The number of rotatable bonds is 4. The van der Waals surface area contributed by atoms with E-state index >= 15 is 0 Å². The fourth-order valence-corrected chi connectivity index (χ4v) is 3.06. The number of aromatic amines is 1. The van der Waals surface area contributed by atoms with Gasteiger partial charge in [-0.15, -0.1) is 0 Å². The Morgan fingerprint density at radius 1 is 1.33 bits per heavy atom.